The first-order valence-corrected chi connectivity index (χ1v) is 7.29. The number of anilines is 1. The van der Waals surface area contributed by atoms with Gasteiger partial charge in [0, 0.05) is 22.3 Å². The Morgan fingerprint density at radius 3 is 2.62 bits per heavy atom. The lowest BCUT2D eigenvalue weighted by Gasteiger charge is -2.19. The summed E-state index contributed by atoms with van der Waals surface area (Å²) < 4.78 is 13.7. The van der Waals surface area contributed by atoms with Gasteiger partial charge < -0.3 is 11.1 Å². The number of nitrogens with two attached hydrogens (primary N) is 1. The predicted octanol–water partition coefficient (Wildman–Crippen LogP) is 4.59. The first kappa shape index (κ1) is 15.7. The van der Waals surface area contributed by atoms with Gasteiger partial charge >= 0.3 is 0 Å². The molecule has 1 atom stereocenters. The zero-order valence-electron chi connectivity index (χ0n) is 11.8. The lowest BCUT2D eigenvalue weighted by atomic mass is 10.0. The molecule has 0 aliphatic rings. The first-order chi connectivity index (χ1) is 9.88. The normalized spacial score (nSPS) is 12.0. The summed E-state index contributed by atoms with van der Waals surface area (Å²) in [5.74, 6) is -0.216. The quantitative estimate of drug-likeness (QED) is 0.808. The number of aryl methyl sites for hydroxylation is 1. The molecule has 2 nitrogen and oxygen atoms in total. The summed E-state index contributed by atoms with van der Waals surface area (Å²) in [6.07, 6.45) is 0. The summed E-state index contributed by atoms with van der Waals surface area (Å²) in [5.41, 5.74) is 8.65. The molecule has 0 aromatic heterocycles. The Labute approximate surface area is 134 Å². The molecule has 0 bridgehead atoms. The van der Waals surface area contributed by atoms with Gasteiger partial charge in [-0.2, -0.15) is 0 Å². The highest BCUT2D eigenvalue weighted by molar-refractivity contribution is 7.80. The van der Waals surface area contributed by atoms with Crippen molar-refractivity contribution in [3.63, 3.8) is 0 Å². The van der Waals surface area contributed by atoms with Crippen LogP contribution in [0.4, 0.5) is 10.1 Å². The molecule has 0 fully saturated rings. The maximum Gasteiger partial charge on any atom is 0.126 e. The van der Waals surface area contributed by atoms with Crippen molar-refractivity contribution in [3.05, 3.63) is 63.9 Å². The van der Waals surface area contributed by atoms with Crippen LogP contribution in [0.2, 0.25) is 5.02 Å². The summed E-state index contributed by atoms with van der Waals surface area (Å²) in [4.78, 5) is 0.266. The Balaban J connectivity index is 2.29. The van der Waals surface area contributed by atoms with E-state index in [0.717, 1.165) is 11.3 Å². The summed E-state index contributed by atoms with van der Waals surface area (Å²) >= 11 is 11.0. The molecule has 0 aliphatic heterocycles. The number of nitrogens with one attached hydrogen (secondary N) is 1. The van der Waals surface area contributed by atoms with Gasteiger partial charge in [-0.3, -0.25) is 0 Å². The molecular formula is C16H16ClFN2S. The molecule has 21 heavy (non-hydrogen) atoms. The predicted molar refractivity (Wildman–Crippen MR) is 90.5 cm³/mol. The number of thiocarbonyl (C=S) groups is 1. The molecule has 0 amide bonds. The van der Waals surface area contributed by atoms with Gasteiger partial charge in [0.25, 0.3) is 0 Å². The lowest BCUT2D eigenvalue weighted by Crippen LogP contribution is -2.15. The Morgan fingerprint density at radius 1 is 1.29 bits per heavy atom. The minimum Gasteiger partial charge on any atom is -0.389 e. The molecule has 2 rings (SSSR count). The van der Waals surface area contributed by atoms with Crippen molar-refractivity contribution in [2.75, 3.05) is 5.32 Å². The molecule has 0 heterocycles. The fourth-order valence-electron chi connectivity index (χ4n) is 2.04. The Bertz CT molecular complexity index is 688. The molecule has 0 saturated heterocycles. The van der Waals surface area contributed by atoms with E-state index in [4.69, 9.17) is 29.6 Å². The third-order valence-corrected chi connectivity index (χ3v) is 3.77. The SMILES string of the molecule is Cc1ccc(C(C)Nc2ccc(Cl)cc2C(N)=S)cc1F. The molecular weight excluding hydrogens is 307 g/mol. The summed E-state index contributed by atoms with van der Waals surface area (Å²) in [5, 5.41) is 3.86. The van der Waals surface area contributed by atoms with Crippen molar-refractivity contribution in [2.45, 2.75) is 19.9 Å². The van der Waals surface area contributed by atoms with Crippen molar-refractivity contribution in [3.8, 4) is 0 Å². The second-order valence-electron chi connectivity index (χ2n) is 4.93. The van der Waals surface area contributed by atoms with Gasteiger partial charge in [-0.15, -0.1) is 0 Å². The van der Waals surface area contributed by atoms with E-state index >= 15 is 0 Å². The van der Waals surface area contributed by atoms with Crippen molar-refractivity contribution >= 4 is 34.5 Å². The number of halogens is 2. The average molecular weight is 323 g/mol. The molecule has 0 spiro atoms. The van der Waals surface area contributed by atoms with E-state index in [2.05, 4.69) is 5.32 Å². The van der Waals surface area contributed by atoms with Gasteiger partial charge in [0.15, 0.2) is 0 Å². The van der Waals surface area contributed by atoms with Crippen LogP contribution in [0.15, 0.2) is 36.4 Å². The topological polar surface area (TPSA) is 38.0 Å². The molecule has 3 N–H and O–H groups in total. The van der Waals surface area contributed by atoms with Crippen LogP contribution in [0, 0.1) is 12.7 Å². The highest BCUT2D eigenvalue weighted by Gasteiger charge is 2.12. The highest BCUT2D eigenvalue weighted by atomic mass is 35.5. The van der Waals surface area contributed by atoms with Crippen molar-refractivity contribution in [1.29, 1.82) is 0 Å². The van der Waals surface area contributed by atoms with E-state index in [9.17, 15) is 4.39 Å². The van der Waals surface area contributed by atoms with E-state index in [-0.39, 0.29) is 16.8 Å². The van der Waals surface area contributed by atoms with Crippen molar-refractivity contribution < 1.29 is 4.39 Å². The standard InChI is InChI=1S/C16H16ClFN2S/c1-9-3-4-11(7-14(9)18)10(2)20-15-6-5-12(17)8-13(15)16(19)21/h3-8,10,20H,1-2H3,(H2,19,21). The first-order valence-electron chi connectivity index (χ1n) is 6.50. The van der Waals surface area contributed by atoms with Crippen molar-refractivity contribution in [2.24, 2.45) is 5.73 Å². The highest BCUT2D eigenvalue weighted by Crippen LogP contribution is 2.26. The van der Waals surface area contributed by atoms with Crippen LogP contribution < -0.4 is 11.1 Å². The van der Waals surface area contributed by atoms with Gasteiger partial charge in [-0.05, 0) is 49.2 Å². The van der Waals surface area contributed by atoms with Gasteiger partial charge in [-0.25, -0.2) is 4.39 Å². The van der Waals surface area contributed by atoms with E-state index in [0.29, 0.717) is 16.1 Å². The van der Waals surface area contributed by atoms with Crippen LogP contribution in [-0.2, 0) is 0 Å². The second kappa shape index (κ2) is 6.41. The van der Waals surface area contributed by atoms with Gasteiger partial charge in [0.1, 0.15) is 10.8 Å². The fraction of sp³-hybridized carbons (Fsp3) is 0.188. The largest absolute Gasteiger partial charge is 0.389 e. The van der Waals surface area contributed by atoms with Gasteiger partial charge in [0.05, 0.1) is 0 Å². The van der Waals surface area contributed by atoms with E-state index < -0.39 is 0 Å². The third kappa shape index (κ3) is 3.71. The van der Waals surface area contributed by atoms with Crippen LogP contribution in [-0.4, -0.2) is 4.99 Å². The molecule has 2 aromatic carbocycles. The Kier molecular flexibility index (Phi) is 4.80. The molecule has 0 saturated carbocycles. The van der Waals surface area contributed by atoms with Crippen molar-refractivity contribution in [1.82, 2.24) is 0 Å². The molecule has 1 unspecified atom stereocenters. The van der Waals surface area contributed by atoms with E-state index in [1.54, 1.807) is 25.1 Å². The zero-order valence-corrected chi connectivity index (χ0v) is 13.4. The van der Waals surface area contributed by atoms with Gasteiger partial charge in [-0.1, -0.05) is 36.0 Å². The number of hydrogen-bond donors (Lipinski definition) is 2. The summed E-state index contributed by atoms with van der Waals surface area (Å²) in [6, 6.07) is 10.4. The van der Waals surface area contributed by atoms with Crippen LogP contribution in [0.3, 0.4) is 0 Å². The molecule has 110 valence electrons. The zero-order chi connectivity index (χ0) is 15.6. The van der Waals surface area contributed by atoms with Gasteiger partial charge in [0.2, 0.25) is 0 Å². The molecule has 0 radical (unpaired) electrons. The minimum absolute atomic E-state index is 0.0885. The lowest BCUT2D eigenvalue weighted by molar-refractivity contribution is 0.614. The summed E-state index contributed by atoms with van der Waals surface area (Å²) in [7, 11) is 0. The van der Waals surface area contributed by atoms with Crippen LogP contribution in [0.5, 0.6) is 0 Å². The van der Waals surface area contributed by atoms with Crippen LogP contribution in [0.1, 0.15) is 29.7 Å². The number of benzene rings is 2. The monoisotopic (exact) mass is 322 g/mol. The maximum absolute atomic E-state index is 13.7. The summed E-state index contributed by atoms with van der Waals surface area (Å²) in [6.45, 7) is 3.68. The minimum atomic E-state index is -0.216. The Hall–Kier alpha value is -1.65. The maximum atomic E-state index is 13.7. The average Bonchev–Trinajstić information content (AvgIpc) is 2.43. The van der Waals surface area contributed by atoms with E-state index in [1.165, 1.54) is 6.07 Å². The fourth-order valence-corrected chi connectivity index (χ4v) is 2.38. The molecule has 5 heteroatoms. The van der Waals surface area contributed by atoms with Crippen LogP contribution in [0.25, 0.3) is 0 Å². The molecule has 2 aromatic rings. The second-order valence-corrected chi connectivity index (χ2v) is 5.81. The molecule has 0 aliphatic carbocycles. The van der Waals surface area contributed by atoms with Crippen LogP contribution >= 0.6 is 23.8 Å². The smallest absolute Gasteiger partial charge is 0.126 e. The number of rotatable bonds is 4. The van der Waals surface area contributed by atoms with E-state index in [1.807, 2.05) is 19.1 Å². The third-order valence-electron chi connectivity index (χ3n) is 3.31. The Morgan fingerprint density at radius 2 is 2.00 bits per heavy atom. The number of hydrogen-bond acceptors (Lipinski definition) is 2.